The number of rotatable bonds is 2. The molecule has 0 aliphatic carbocycles. The zero-order valence-corrected chi connectivity index (χ0v) is 10.7. The van der Waals surface area contributed by atoms with Gasteiger partial charge in [0.1, 0.15) is 11.8 Å². The molecule has 2 rings (SSSR count). The third kappa shape index (κ3) is 1.69. The van der Waals surface area contributed by atoms with Crippen LogP contribution in [0.1, 0.15) is 5.69 Å². The zero-order valence-electron chi connectivity index (χ0n) is 9.80. The summed E-state index contributed by atoms with van der Waals surface area (Å²) in [7, 11) is 3.04. The van der Waals surface area contributed by atoms with Gasteiger partial charge in [0, 0.05) is 25.3 Å². The summed E-state index contributed by atoms with van der Waals surface area (Å²) in [5, 5.41) is 10.0. The number of thiol groups is 1. The van der Waals surface area contributed by atoms with Crippen molar-refractivity contribution in [2.24, 2.45) is 7.05 Å². The summed E-state index contributed by atoms with van der Waals surface area (Å²) in [5.74, 6) is 0.822. The Morgan fingerprint density at radius 3 is 2.67 bits per heavy atom. The van der Waals surface area contributed by atoms with Crippen molar-refractivity contribution >= 4 is 23.7 Å². The number of pyridine rings is 1. The molecule has 2 aromatic rings. The van der Waals surface area contributed by atoms with Gasteiger partial charge in [-0.1, -0.05) is 0 Å². The fraction of sp³-hybridized carbons (Fsp3) is 0.167. The molecule has 0 aliphatic rings. The topological polar surface area (TPSA) is 64.2 Å². The van der Waals surface area contributed by atoms with Crippen molar-refractivity contribution in [3.8, 4) is 17.6 Å². The number of ether oxygens (including phenoxy) is 1. The average molecular weight is 262 g/mol. The van der Waals surface area contributed by atoms with Crippen LogP contribution in [0.15, 0.2) is 23.0 Å². The van der Waals surface area contributed by atoms with E-state index in [1.165, 1.54) is 18.7 Å². The Morgan fingerprint density at radius 1 is 1.39 bits per heavy atom. The fourth-order valence-corrected chi connectivity index (χ4v) is 1.99. The van der Waals surface area contributed by atoms with Crippen molar-refractivity contribution < 1.29 is 8.92 Å². The maximum absolute atomic E-state index is 12.1. The largest absolute Gasteiger partial charge is 0.497 e. The number of fused-ring (bicyclic) bond motifs is 1. The number of aromatic nitrogens is 1. The Kier molecular flexibility index (Phi) is 3.17. The molecule has 0 saturated heterocycles. The minimum Gasteiger partial charge on any atom is -0.497 e. The summed E-state index contributed by atoms with van der Waals surface area (Å²) in [5.41, 5.74) is -0.144. The highest BCUT2D eigenvalue weighted by molar-refractivity contribution is 7.75. The molecule has 0 unspecified atom stereocenters. The second-order valence-electron chi connectivity index (χ2n) is 3.66. The maximum atomic E-state index is 12.1. The smallest absolute Gasteiger partial charge is 0.259 e. The molecule has 5 nitrogen and oxygen atoms in total. The van der Waals surface area contributed by atoms with Crippen LogP contribution in [0.4, 0.5) is 0 Å². The molecule has 0 atom stereocenters. The van der Waals surface area contributed by atoms with Crippen LogP contribution in [-0.2, 0) is 7.05 Å². The van der Waals surface area contributed by atoms with Crippen LogP contribution in [0.25, 0.3) is 10.8 Å². The molecule has 0 radical (unpaired) electrons. The molecule has 0 amide bonds. The van der Waals surface area contributed by atoms with Crippen LogP contribution in [-0.4, -0.2) is 11.7 Å². The van der Waals surface area contributed by atoms with E-state index in [0.29, 0.717) is 16.5 Å². The SMILES string of the molecule is COc1ccc2c(=O)n(C)c(C#N)c(OS)c2c1. The molecule has 0 aliphatic heterocycles. The van der Waals surface area contributed by atoms with Gasteiger partial charge in [0.2, 0.25) is 0 Å². The van der Waals surface area contributed by atoms with Gasteiger partial charge in [0.05, 0.1) is 12.5 Å². The Bertz CT molecular complexity index is 716. The van der Waals surface area contributed by atoms with Crippen molar-refractivity contribution in [3.05, 3.63) is 34.2 Å². The van der Waals surface area contributed by atoms with Crippen LogP contribution < -0.4 is 14.5 Å². The lowest BCUT2D eigenvalue weighted by atomic mass is 10.1. The molecule has 92 valence electrons. The summed E-state index contributed by atoms with van der Waals surface area (Å²) in [6, 6.07) is 6.89. The predicted molar refractivity (Wildman–Crippen MR) is 70.1 cm³/mol. The molecule has 0 N–H and O–H groups in total. The molecule has 0 bridgehead atoms. The van der Waals surface area contributed by atoms with E-state index in [1.807, 2.05) is 6.07 Å². The Labute approximate surface area is 109 Å². The van der Waals surface area contributed by atoms with Gasteiger partial charge >= 0.3 is 0 Å². The first kappa shape index (κ1) is 12.3. The molecular formula is C12H10N2O3S. The molecule has 0 spiro atoms. The Balaban J connectivity index is 3.01. The first-order valence-corrected chi connectivity index (χ1v) is 5.42. The Morgan fingerprint density at radius 2 is 2.11 bits per heavy atom. The first-order valence-electron chi connectivity index (χ1n) is 5.06. The van der Waals surface area contributed by atoms with E-state index in [-0.39, 0.29) is 17.0 Å². The van der Waals surface area contributed by atoms with Crippen molar-refractivity contribution in [1.82, 2.24) is 4.57 Å². The molecule has 18 heavy (non-hydrogen) atoms. The normalized spacial score (nSPS) is 10.1. The van der Waals surface area contributed by atoms with E-state index in [2.05, 4.69) is 12.9 Å². The highest BCUT2D eigenvalue weighted by Crippen LogP contribution is 2.30. The van der Waals surface area contributed by atoms with Gasteiger partial charge in [0.15, 0.2) is 11.4 Å². The van der Waals surface area contributed by atoms with Gasteiger partial charge in [-0.05, 0) is 18.2 Å². The van der Waals surface area contributed by atoms with E-state index in [9.17, 15) is 4.79 Å². The zero-order chi connectivity index (χ0) is 13.3. The summed E-state index contributed by atoms with van der Waals surface area (Å²) >= 11 is 3.75. The molecule has 0 saturated carbocycles. The second-order valence-corrected chi connectivity index (χ2v) is 3.84. The van der Waals surface area contributed by atoms with Crippen LogP contribution in [0, 0.1) is 11.3 Å². The standard InChI is InChI=1S/C12H10N2O3S/c1-14-10(6-13)11(17-18)9-5-7(16-2)3-4-8(9)12(14)15/h3-5,18H,1-2H3. The van der Waals surface area contributed by atoms with E-state index < -0.39 is 0 Å². The minimum atomic E-state index is -0.265. The summed E-state index contributed by atoms with van der Waals surface area (Å²) in [4.78, 5) is 12.1. The highest BCUT2D eigenvalue weighted by Gasteiger charge is 2.16. The van der Waals surface area contributed by atoms with Crippen LogP contribution in [0.5, 0.6) is 11.5 Å². The van der Waals surface area contributed by atoms with Crippen molar-refractivity contribution in [2.75, 3.05) is 7.11 Å². The number of hydrogen-bond donors (Lipinski definition) is 1. The van der Waals surface area contributed by atoms with Crippen LogP contribution >= 0.6 is 12.9 Å². The van der Waals surface area contributed by atoms with E-state index in [4.69, 9.17) is 14.2 Å². The number of hydrogen-bond acceptors (Lipinski definition) is 5. The highest BCUT2D eigenvalue weighted by atomic mass is 32.1. The third-order valence-corrected chi connectivity index (χ3v) is 2.94. The number of methoxy groups -OCH3 is 1. The summed E-state index contributed by atoms with van der Waals surface area (Å²) < 4.78 is 11.3. The van der Waals surface area contributed by atoms with Gasteiger partial charge in [-0.3, -0.25) is 9.36 Å². The molecule has 1 aromatic carbocycles. The average Bonchev–Trinajstić information content (AvgIpc) is 2.41. The third-order valence-electron chi connectivity index (χ3n) is 2.75. The maximum Gasteiger partial charge on any atom is 0.259 e. The van der Waals surface area contributed by atoms with E-state index in [0.717, 1.165) is 0 Å². The Hall–Kier alpha value is -2.13. The summed E-state index contributed by atoms with van der Waals surface area (Å²) in [6.45, 7) is 0. The molecule has 6 heteroatoms. The van der Waals surface area contributed by atoms with Gasteiger partial charge in [0.25, 0.3) is 5.56 Å². The van der Waals surface area contributed by atoms with Gasteiger partial charge in [-0.2, -0.15) is 5.26 Å². The lowest BCUT2D eigenvalue weighted by molar-refractivity contribution is 0.415. The number of nitrogens with zero attached hydrogens (tertiary/aromatic N) is 2. The van der Waals surface area contributed by atoms with Gasteiger partial charge < -0.3 is 8.92 Å². The fourth-order valence-electron chi connectivity index (χ4n) is 1.80. The van der Waals surface area contributed by atoms with E-state index >= 15 is 0 Å². The van der Waals surface area contributed by atoms with Crippen molar-refractivity contribution in [2.45, 2.75) is 0 Å². The molecule has 1 aromatic heterocycles. The summed E-state index contributed by atoms with van der Waals surface area (Å²) in [6.07, 6.45) is 0. The number of benzene rings is 1. The van der Waals surface area contributed by atoms with Crippen LogP contribution in [0.2, 0.25) is 0 Å². The lowest BCUT2D eigenvalue weighted by Gasteiger charge is -2.11. The van der Waals surface area contributed by atoms with Crippen LogP contribution in [0.3, 0.4) is 0 Å². The van der Waals surface area contributed by atoms with E-state index in [1.54, 1.807) is 18.2 Å². The first-order chi connectivity index (χ1) is 8.63. The minimum absolute atomic E-state index is 0.121. The molecule has 0 fully saturated rings. The van der Waals surface area contributed by atoms with Crippen molar-refractivity contribution in [1.29, 1.82) is 5.26 Å². The number of nitriles is 1. The van der Waals surface area contributed by atoms with Gasteiger partial charge in [-0.25, -0.2) is 0 Å². The van der Waals surface area contributed by atoms with Crippen molar-refractivity contribution in [3.63, 3.8) is 0 Å². The molecular weight excluding hydrogens is 252 g/mol. The quantitative estimate of drug-likeness (QED) is 0.660. The monoisotopic (exact) mass is 262 g/mol. The molecule has 1 heterocycles. The lowest BCUT2D eigenvalue weighted by Crippen LogP contribution is -2.20. The second kappa shape index (κ2) is 4.63. The van der Waals surface area contributed by atoms with Gasteiger partial charge in [-0.15, -0.1) is 0 Å². The predicted octanol–water partition coefficient (Wildman–Crippen LogP) is 1.64.